The molecular weight excluding hydrogens is 418 g/mol. The smallest absolute Gasteiger partial charge is 0.257 e. The number of benzene rings is 2. The summed E-state index contributed by atoms with van der Waals surface area (Å²) in [4.78, 5) is 17.4. The Morgan fingerprint density at radius 3 is 2.23 bits per heavy atom. The lowest BCUT2D eigenvalue weighted by Crippen LogP contribution is -2.31. The zero-order valence-electron chi connectivity index (χ0n) is 17.1. The number of rotatable bonds is 4. The Labute approximate surface area is 181 Å². The number of carbonyl (C=O) groups is 1. The molecule has 0 radical (unpaired) electrons. The predicted octanol–water partition coefficient (Wildman–Crippen LogP) is 4.73. The van der Waals surface area contributed by atoms with Gasteiger partial charge in [-0.05, 0) is 62.1 Å². The summed E-state index contributed by atoms with van der Waals surface area (Å²) in [5, 5.41) is 3.38. The summed E-state index contributed by atoms with van der Waals surface area (Å²) in [5.41, 5.74) is 3.49. The summed E-state index contributed by atoms with van der Waals surface area (Å²) in [6.45, 7) is 5.13. The van der Waals surface area contributed by atoms with Crippen LogP contribution in [0.5, 0.6) is 0 Å². The van der Waals surface area contributed by atoms with Gasteiger partial charge in [0.05, 0.1) is 15.1 Å². The summed E-state index contributed by atoms with van der Waals surface area (Å²) in [6, 6.07) is 10.2. The van der Waals surface area contributed by atoms with E-state index in [-0.39, 0.29) is 10.8 Å². The summed E-state index contributed by atoms with van der Waals surface area (Å²) in [7, 11) is -3.52. The van der Waals surface area contributed by atoms with Crippen molar-refractivity contribution in [2.75, 3.05) is 18.4 Å². The Balaban J connectivity index is 1.52. The minimum absolute atomic E-state index is 0.229. The molecule has 0 aliphatic carbocycles. The number of hydrogen-bond donors (Lipinski definition) is 1. The molecule has 0 unspecified atom stereocenters. The van der Waals surface area contributed by atoms with Gasteiger partial charge in [-0.15, -0.1) is 0 Å². The van der Waals surface area contributed by atoms with Gasteiger partial charge in [0.15, 0.2) is 5.13 Å². The molecule has 3 aromatic rings. The zero-order valence-corrected chi connectivity index (χ0v) is 18.8. The standard InChI is InChI=1S/C22H25N3O3S2/c1-15-7-8-16(2)20-19(15)23-22(29-20)24-21(26)17-9-11-18(12-10-17)30(27,28)25-13-5-3-4-6-14-25/h7-12H,3-6,13-14H2,1-2H3,(H,23,24,26). The molecule has 1 fully saturated rings. The molecule has 0 bridgehead atoms. The number of sulfonamides is 1. The van der Waals surface area contributed by atoms with Crippen LogP contribution in [0.25, 0.3) is 10.2 Å². The van der Waals surface area contributed by atoms with Crippen LogP contribution >= 0.6 is 11.3 Å². The minimum Gasteiger partial charge on any atom is -0.298 e. The molecule has 2 heterocycles. The largest absolute Gasteiger partial charge is 0.298 e. The van der Waals surface area contributed by atoms with Gasteiger partial charge in [-0.25, -0.2) is 13.4 Å². The topological polar surface area (TPSA) is 79.4 Å². The quantitative estimate of drug-likeness (QED) is 0.632. The molecule has 6 nitrogen and oxygen atoms in total. The average molecular weight is 444 g/mol. The summed E-state index contributed by atoms with van der Waals surface area (Å²) >= 11 is 1.44. The summed E-state index contributed by atoms with van der Waals surface area (Å²) < 4.78 is 28.4. The van der Waals surface area contributed by atoms with Gasteiger partial charge in [-0.1, -0.05) is 36.3 Å². The molecule has 158 valence electrons. The van der Waals surface area contributed by atoms with Gasteiger partial charge in [0.2, 0.25) is 10.0 Å². The third kappa shape index (κ3) is 4.12. The van der Waals surface area contributed by atoms with Gasteiger partial charge in [-0.2, -0.15) is 4.31 Å². The molecule has 8 heteroatoms. The van der Waals surface area contributed by atoms with Crippen LogP contribution in [-0.4, -0.2) is 36.7 Å². The van der Waals surface area contributed by atoms with Crippen LogP contribution < -0.4 is 5.32 Å². The minimum atomic E-state index is -3.52. The molecule has 1 N–H and O–H groups in total. The maximum Gasteiger partial charge on any atom is 0.257 e. The monoisotopic (exact) mass is 443 g/mol. The first-order valence-corrected chi connectivity index (χ1v) is 12.4. The predicted molar refractivity (Wildman–Crippen MR) is 121 cm³/mol. The normalized spacial score (nSPS) is 15.8. The Bertz CT molecular complexity index is 1140. The van der Waals surface area contributed by atoms with E-state index >= 15 is 0 Å². The molecule has 1 aliphatic heterocycles. The van der Waals surface area contributed by atoms with Crippen LogP contribution in [-0.2, 0) is 10.0 Å². The van der Waals surface area contributed by atoms with Gasteiger partial charge in [-0.3, -0.25) is 10.1 Å². The molecule has 1 aromatic heterocycles. The van der Waals surface area contributed by atoms with Gasteiger partial charge in [0, 0.05) is 18.7 Å². The highest BCUT2D eigenvalue weighted by Crippen LogP contribution is 2.31. The summed E-state index contributed by atoms with van der Waals surface area (Å²) in [5.74, 6) is -0.303. The van der Waals surface area contributed by atoms with Crippen LogP contribution in [0, 0.1) is 13.8 Å². The van der Waals surface area contributed by atoms with Crippen LogP contribution in [0.4, 0.5) is 5.13 Å². The SMILES string of the molecule is Cc1ccc(C)c2sc(NC(=O)c3ccc(S(=O)(=O)N4CCCCCC4)cc3)nc12. The molecule has 1 amide bonds. The second-order valence-electron chi connectivity index (χ2n) is 7.69. The fourth-order valence-electron chi connectivity index (χ4n) is 3.69. The molecule has 4 rings (SSSR count). The number of aromatic nitrogens is 1. The number of aryl methyl sites for hydroxylation is 2. The van der Waals surface area contributed by atoms with E-state index in [0.717, 1.165) is 47.0 Å². The number of anilines is 1. The third-order valence-electron chi connectivity index (χ3n) is 5.48. The second kappa shape index (κ2) is 8.45. The van der Waals surface area contributed by atoms with E-state index in [1.54, 1.807) is 16.4 Å². The van der Waals surface area contributed by atoms with Crippen molar-refractivity contribution in [1.82, 2.24) is 9.29 Å². The van der Waals surface area contributed by atoms with Crippen molar-refractivity contribution in [3.63, 3.8) is 0 Å². The highest BCUT2D eigenvalue weighted by atomic mass is 32.2. The fourth-order valence-corrected chi connectivity index (χ4v) is 6.21. The lowest BCUT2D eigenvalue weighted by atomic mass is 10.1. The van der Waals surface area contributed by atoms with Crippen LogP contribution in [0.1, 0.15) is 47.2 Å². The molecule has 30 heavy (non-hydrogen) atoms. The van der Waals surface area contributed by atoms with Crippen molar-refractivity contribution in [3.05, 3.63) is 53.1 Å². The molecule has 0 spiro atoms. The third-order valence-corrected chi connectivity index (χ3v) is 8.50. The molecule has 2 aromatic carbocycles. The summed E-state index contributed by atoms with van der Waals surface area (Å²) in [6.07, 6.45) is 3.91. The number of fused-ring (bicyclic) bond motifs is 1. The number of thiazole rings is 1. The van der Waals surface area contributed by atoms with E-state index in [9.17, 15) is 13.2 Å². The maximum absolute atomic E-state index is 12.9. The van der Waals surface area contributed by atoms with E-state index in [2.05, 4.69) is 10.3 Å². The number of amides is 1. The van der Waals surface area contributed by atoms with E-state index in [1.165, 1.54) is 23.5 Å². The Hall–Kier alpha value is -2.29. The van der Waals surface area contributed by atoms with Crippen molar-refractivity contribution >= 4 is 42.6 Å². The number of nitrogens with zero attached hydrogens (tertiary/aromatic N) is 2. The Morgan fingerprint density at radius 2 is 1.60 bits per heavy atom. The van der Waals surface area contributed by atoms with Gasteiger partial charge in [0.1, 0.15) is 0 Å². The first-order chi connectivity index (χ1) is 14.4. The number of nitrogens with one attached hydrogen (secondary N) is 1. The number of hydrogen-bond acceptors (Lipinski definition) is 5. The first kappa shape index (κ1) is 21.0. The first-order valence-electron chi connectivity index (χ1n) is 10.1. The van der Waals surface area contributed by atoms with E-state index < -0.39 is 10.0 Å². The Morgan fingerprint density at radius 1 is 0.967 bits per heavy atom. The van der Waals surface area contributed by atoms with Crippen LogP contribution in [0.3, 0.4) is 0 Å². The van der Waals surface area contributed by atoms with Crippen molar-refractivity contribution in [1.29, 1.82) is 0 Å². The molecule has 0 saturated carbocycles. The molecule has 0 atom stereocenters. The van der Waals surface area contributed by atoms with E-state index in [4.69, 9.17) is 0 Å². The van der Waals surface area contributed by atoms with Crippen molar-refractivity contribution < 1.29 is 13.2 Å². The lowest BCUT2D eigenvalue weighted by molar-refractivity contribution is 0.102. The van der Waals surface area contributed by atoms with Crippen molar-refractivity contribution in [3.8, 4) is 0 Å². The van der Waals surface area contributed by atoms with E-state index in [0.29, 0.717) is 23.8 Å². The number of carbonyl (C=O) groups excluding carboxylic acids is 1. The molecule has 1 saturated heterocycles. The highest BCUT2D eigenvalue weighted by molar-refractivity contribution is 7.89. The molecular formula is C22H25N3O3S2. The van der Waals surface area contributed by atoms with E-state index in [1.807, 2.05) is 26.0 Å². The van der Waals surface area contributed by atoms with Gasteiger partial charge >= 0.3 is 0 Å². The van der Waals surface area contributed by atoms with Gasteiger partial charge in [0.25, 0.3) is 5.91 Å². The van der Waals surface area contributed by atoms with Gasteiger partial charge < -0.3 is 0 Å². The maximum atomic E-state index is 12.9. The lowest BCUT2D eigenvalue weighted by Gasteiger charge is -2.20. The zero-order chi connectivity index (χ0) is 21.3. The van der Waals surface area contributed by atoms with Crippen LogP contribution in [0.2, 0.25) is 0 Å². The van der Waals surface area contributed by atoms with Crippen molar-refractivity contribution in [2.45, 2.75) is 44.4 Å². The van der Waals surface area contributed by atoms with Crippen molar-refractivity contribution in [2.24, 2.45) is 0 Å². The fraction of sp³-hybridized carbons (Fsp3) is 0.364. The second-order valence-corrected chi connectivity index (χ2v) is 10.6. The average Bonchev–Trinajstić information content (AvgIpc) is 2.97. The highest BCUT2D eigenvalue weighted by Gasteiger charge is 2.25. The Kier molecular flexibility index (Phi) is 5.90. The molecule has 1 aliphatic rings. The van der Waals surface area contributed by atoms with Crippen LogP contribution in [0.15, 0.2) is 41.3 Å².